The van der Waals surface area contributed by atoms with E-state index in [2.05, 4.69) is 17.3 Å². The van der Waals surface area contributed by atoms with E-state index in [0.29, 0.717) is 21.6 Å². The molecule has 1 N–H and O–H groups in total. The van der Waals surface area contributed by atoms with Gasteiger partial charge >= 0.3 is 5.63 Å². The second-order valence-electron chi connectivity index (χ2n) is 7.64. The molecule has 156 valence electrons. The number of likely N-dealkylation sites (tertiary alicyclic amines) is 1. The van der Waals surface area contributed by atoms with Crippen molar-refractivity contribution < 1.29 is 13.9 Å². The molecule has 7 heteroatoms. The van der Waals surface area contributed by atoms with Crippen molar-refractivity contribution in [3.05, 3.63) is 69.0 Å². The van der Waals surface area contributed by atoms with E-state index >= 15 is 0 Å². The maximum absolute atomic E-state index is 12.5. The van der Waals surface area contributed by atoms with Crippen LogP contribution >= 0.6 is 11.6 Å². The van der Waals surface area contributed by atoms with Gasteiger partial charge in [0.25, 0.3) is 5.91 Å². The van der Waals surface area contributed by atoms with Crippen LogP contribution in [-0.2, 0) is 0 Å². The number of fused-ring (bicyclic) bond motifs is 1. The molecule has 30 heavy (non-hydrogen) atoms. The number of benzene rings is 2. The number of anilines is 1. The van der Waals surface area contributed by atoms with Crippen LogP contribution in [0.2, 0.25) is 5.02 Å². The molecule has 3 aromatic rings. The van der Waals surface area contributed by atoms with Crippen LogP contribution in [0.15, 0.2) is 51.7 Å². The van der Waals surface area contributed by atoms with Crippen molar-refractivity contribution in [2.24, 2.45) is 0 Å². The van der Waals surface area contributed by atoms with E-state index < -0.39 is 11.5 Å². The van der Waals surface area contributed by atoms with Crippen molar-refractivity contribution in [1.29, 1.82) is 0 Å². The van der Waals surface area contributed by atoms with Gasteiger partial charge in [0.05, 0.1) is 0 Å². The standard InChI is InChI=1S/C23H23ClN2O4/c1-14-20(29-18-8-10-26(2)11-9-18)7-6-15-13-19(23(28)30-21(14)15)25-22(27)16-4-3-5-17(24)12-16/h3-7,12-13,18H,8-11H2,1-2H3,(H,25,27). The molecule has 0 unspecified atom stereocenters. The summed E-state index contributed by atoms with van der Waals surface area (Å²) in [5.41, 5.74) is 1.07. The van der Waals surface area contributed by atoms with Gasteiger partial charge in [-0.25, -0.2) is 4.79 Å². The summed E-state index contributed by atoms with van der Waals surface area (Å²) in [5.74, 6) is 0.291. The lowest BCUT2D eigenvalue weighted by Crippen LogP contribution is -2.35. The van der Waals surface area contributed by atoms with Crippen molar-refractivity contribution in [1.82, 2.24) is 4.90 Å². The van der Waals surface area contributed by atoms with Gasteiger partial charge in [-0.3, -0.25) is 4.79 Å². The lowest BCUT2D eigenvalue weighted by Gasteiger charge is -2.29. The second-order valence-corrected chi connectivity index (χ2v) is 8.08. The van der Waals surface area contributed by atoms with Gasteiger partial charge in [0.15, 0.2) is 0 Å². The van der Waals surface area contributed by atoms with Crippen LogP contribution < -0.4 is 15.7 Å². The first-order chi connectivity index (χ1) is 14.4. The summed E-state index contributed by atoms with van der Waals surface area (Å²) in [5, 5.41) is 3.77. The molecule has 2 heterocycles. The molecule has 4 rings (SSSR count). The number of rotatable bonds is 4. The zero-order valence-corrected chi connectivity index (χ0v) is 17.7. The third-order valence-corrected chi connectivity index (χ3v) is 5.63. The first-order valence-corrected chi connectivity index (χ1v) is 10.3. The fraction of sp³-hybridized carbons (Fsp3) is 0.304. The van der Waals surface area contributed by atoms with Crippen LogP contribution in [0.4, 0.5) is 5.69 Å². The molecule has 1 aromatic heterocycles. The molecule has 1 amide bonds. The number of carbonyl (C=O) groups excluding carboxylic acids is 1. The molecule has 0 radical (unpaired) electrons. The Bertz CT molecular complexity index is 1150. The van der Waals surface area contributed by atoms with Crippen LogP contribution in [0, 0.1) is 6.92 Å². The molecule has 2 aromatic carbocycles. The fourth-order valence-electron chi connectivity index (χ4n) is 3.63. The van der Waals surface area contributed by atoms with E-state index in [9.17, 15) is 9.59 Å². The number of ether oxygens (including phenoxy) is 1. The molecule has 0 spiro atoms. The molecular weight excluding hydrogens is 404 g/mol. The Labute approximate surface area is 179 Å². The number of carbonyl (C=O) groups is 1. The van der Waals surface area contributed by atoms with E-state index in [1.165, 1.54) is 6.07 Å². The van der Waals surface area contributed by atoms with Crippen molar-refractivity contribution in [3.63, 3.8) is 0 Å². The lowest BCUT2D eigenvalue weighted by atomic mass is 10.1. The Morgan fingerprint density at radius 2 is 1.97 bits per heavy atom. The van der Waals surface area contributed by atoms with Crippen molar-refractivity contribution in [2.75, 3.05) is 25.5 Å². The maximum Gasteiger partial charge on any atom is 0.360 e. The highest BCUT2D eigenvalue weighted by Gasteiger charge is 2.20. The molecule has 1 aliphatic rings. The quantitative estimate of drug-likeness (QED) is 0.623. The predicted molar refractivity (Wildman–Crippen MR) is 118 cm³/mol. The molecule has 1 fully saturated rings. The van der Waals surface area contributed by atoms with Crippen molar-refractivity contribution >= 4 is 34.2 Å². The number of hydrogen-bond acceptors (Lipinski definition) is 5. The number of hydrogen-bond donors (Lipinski definition) is 1. The molecular formula is C23H23ClN2O4. The van der Waals surface area contributed by atoms with E-state index in [1.807, 2.05) is 19.1 Å². The minimum atomic E-state index is -0.614. The lowest BCUT2D eigenvalue weighted by molar-refractivity contribution is 0.102. The van der Waals surface area contributed by atoms with E-state index in [0.717, 1.165) is 37.2 Å². The normalized spacial score (nSPS) is 15.3. The van der Waals surface area contributed by atoms with E-state index in [4.69, 9.17) is 20.8 Å². The molecule has 0 bridgehead atoms. The maximum atomic E-state index is 12.5. The van der Waals surface area contributed by atoms with E-state index in [1.54, 1.807) is 24.3 Å². The molecule has 0 saturated carbocycles. The van der Waals surface area contributed by atoms with Gasteiger partial charge in [0, 0.05) is 34.6 Å². The third-order valence-electron chi connectivity index (χ3n) is 5.40. The SMILES string of the molecule is Cc1c(OC2CCN(C)CC2)ccc2cc(NC(=O)c3cccc(Cl)c3)c(=O)oc12. The van der Waals surface area contributed by atoms with Gasteiger partial charge in [-0.2, -0.15) is 0 Å². The summed E-state index contributed by atoms with van der Waals surface area (Å²) < 4.78 is 11.7. The number of nitrogens with one attached hydrogen (secondary N) is 1. The Hall–Kier alpha value is -2.83. The van der Waals surface area contributed by atoms with Gasteiger partial charge in [0.2, 0.25) is 0 Å². The number of aryl methyl sites for hydroxylation is 1. The van der Waals surface area contributed by atoms with Crippen LogP contribution in [0.3, 0.4) is 0 Å². The van der Waals surface area contributed by atoms with Gasteiger partial charge in [-0.15, -0.1) is 0 Å². The summed E-state index contributed by atoms with van der Waals surface area (Å²) in [4.78, 5) is 27.2. The topological polar surface area (TPSA) is 71.8 Å². The summed E-state index contributed by atoms with van der Waals surface area (Å²) in [6.07, 6.45) is 2.08. The van der Waals surface area contributed by atoms with Crippen LogP contribution in [0.5, 0.6) is 5.75 Å². The fourth-order valence-corrected chi connectivity index (χ4v) is 3.82. The molecule has 0 atom stereocenters. The Balaban J connectivity index is 1.58. The molecule has 0 aliphatic carbocycles. The first kappa shape index (κ1) is 20.4. The molecule has 6 nitrogen and oxygen atoms in total. The molecule has 1 saturated heterocycles. The highest BCUT2D eigenvalue weighted by Crippen LogP contribution is 2.30. The smallest absolute Gasteiger partial charge is 0.360 e. The summed E-state index contributed by atoms with van der Waals surface area (Å²) >= 11 is 5.94. The minimum Gasteiger partial charge on any atom is -0.490 e. The minimum absolute atomic E-state index is 0.0795. The highest BCUT2D eigenvalue weighted by atomic mass is 35.5. The van der Waals surface area contributed by atoms with Crippen LogP contribution in [0.1, 0.15) is 28.8 Å². The highest BCUT2D eigenvalue weighted by molar-refractivity contribution is 6.31. The summed E-state index contributed by atoms with van der Waals surface area (Å²) in [7, 11) is 2.11. The zero-order valence-electron chi connectivity index (χ0n) is 16.9. The predicted octanol–water partition coefficient (Wildman–Crippen LogP) is 4.48. The number of nitrogens with zero attached hydrogens (tertiary/aromatic N) is 1. The Morgan fingerprint density at radius 1 is 1.20 bits per heavy atom. The average Bonchev–Trinajstić information content (AvgIpc) is 2.73. The largest absolute Gasteiger partial charge is 0.490 e. The summed E-state index contributed by atoms with van der Waals surface area (Å²) in [6, 6.07) is 11.9. The molecule has 1 aliphatic heterocycles. The van der Waals surface area contributed by atoms with Crippen LogP contribution in [0.25, 0.3) is 11.0 Å². The number of amides is 1. The second kappa shape index (κ2) is 8.50. The van der Waals surface area contributed by atoms with Gasteiger partial charge in [-0.05, 0) is 63.2 Å². The van der Waals surface area contributed by atoms with Crippen molar-refractivity contribution in [2.45, 2.75) is 25.9 Å². The Morgan fingerprint density at radius 3 is 2.70 bits per heavy atom. The Kier molecular flexibility index (Phi) is 5.79. The van der Waals surface area contributed by atoms with Crippen LogP contribution in [-0.4, -0.2) is 37.0 Å². The van der Waals surface area contributed by atoms with Gasteiger partial charge in [-0.1, -0.05) is 17.7 Å². The van der Waals surface area contributed by atoms with Gasteiger partial charge in [0.1, 0.15) is 23.1 Å². The van der Waals surface area contributed by atoms with Crippen molar-refractivity contribution in [3.8, 4) is 5.75 Å². The zero-order chi connectivity index (χ0) is 21.3. The average molecular weight is 427 g/mol. The van der Waals surface area contributed by atoms with Gasteiger partial charge < -0.3 is 19.4 Å². The number of piperidine rings is 1. The summed E-state index contributed by atoms with van der Waals surface area (Å²) in [6.45, 7) is 3.88. The van der Waals surface area contributed by atoms with E-state index in [-0.39, 0.29) is 11.8 Å². The number of halogens is 1. The third kappa shape index (κ3) is 4.35. The first-order valence-electron chi connectivity index (χ1n) is 9.90. The monoisotopic (exact) mass is 426 g/mol.